The van der Waals surface area contributed by atoms with E-state index in [9.17, 15) is 14.3 Å². The molecule has 2 aromatic carbocycles. The Labute approximate surface area is 207 Å². The minimum absolute atomic E-state index is 0.237. The van der Waals surface area contributed by atoms with E-state index in [0.29, 0.717) is 42.0 Å². The quantitative estimate of drug-likeness (QED) is 0.607. The molecule has 2 aromatic rings. The van der Waals surface area contributed by atoms with E-state index in [1.54, 1.807) is 17.0 Å². The highest BCUT2D eigenvalue weighted by atomic mass is 19.1. The van der Waals surface area contributed by atoms with Gasteiger partial charge in [0.15, 0.2) is 0 Å². The van der Waals surface area contributed by atoms with E-state index in [1.807, 2.05) is 24.3 Å². The lowest BCUT2D eigenvalue weighted by atomic mass is 9.70. The van der Waals surface area contributed by atoms with Crippen molar-refractivity contribution < 1.29 is 19.0 Å². The lowest BCUT2D eigenvalue weighted by Gasteiger charge is -2.44. The number of likely N-dealkylation sites (tertiary alicyclic amines) is 2. The summed E-state index contributed by atoms with van der Waals surface area (Å²) in [4.78, 5) is 16.8. The van der Waals surface area contributed by atoms with Crippen molar-refractivity contribution in [1.82, 2.24) is 9.80 Å². The summed E-state index contributed by atoms with van der Waals surface area (Å²) in [6, 6.07) is 12.1. The number of nitrogens with zero attached hydrogens (tertiary/aromatic N) is 2. The maximum Gasteiger partial charge on any atom is 0.254 e. The van der Waals surface area contributed by atoms with Crippen LogP contribution in [0.5, 0.6) is 5.75 Å². The summed E-state index contributed by atoms with van der Waals surface area (Å²) in [6.45, 7) is 7.54. The van der Waals surface area contributed by atoms with Gasteiger partial charge >= 0.3 is 0 Å². The van der Waals surface area contributed by atoms with Crippen LogP contribution >= 0.6 is 0 Å². The predicted octanol–water partition coefficient (Wildman–Crippen LogP) is 4.98. The van der Waals surface area contributed by atoms with Gasteiger partial charge in [0.1, 0.15) is 11.6 Å². The van der Waals surface area contributed by atoms with Crippen LogP contribution in [0.3, 0.4) is 0 Å². The molecule has 3 aliphatic rings. The Morgan fingerprint density at radius 3 is 2.43 bits per heavy atom. The smallest absolute Gasteiger partial charge is 0.254 e. The minimum atomic E-state index is -0.489. The number of carbonyl (C=O) groups is 1. The van der Waals surface area contributed by atoms with Crippen molar-refractivity contribution in [2.24, 2.45) is 11.3 Å². The molecule has 3 fully saturated rings. The summed E-state index contributed by atoms with van der Waals surface area (Å²) in [6.07, 6.45) is 6.59. The van der Waals surface area contributed by atoms with Crippen LogP contribution in [0.15, 0.2) is 42.5 Å². The Morgan fingerprint density at radius 2 is 1.83 bits per heavy atom. The van der Waals surface area contributed by atoms with Crippen LogP contribution in [-0.2, 0) is 0 Å². The van der Waals surface area contributed by atoms with E-state index in [0.717, 1.165) is 17.9 Å². The van der Waals surface area contributed by atoms with Crippen molar-refractivity contribution in [3.63, 3.8) is 0 Å². The number of carbonyl (C=O) groups excluding carboxylic acids is 1. The molecule has 5 nitrogen and oxygen atoms in total. The van der Waals surface area contributed by atoms with Gasteiger partial charge in [-0.05, 0) is 86.4 Å². The Morgan fingerprint density at radius 1 is 1.09 bits per heavy atom. The third kappa shape index (κ3) is 5.70. The zero-order valence-electron chi connectivity index (χ0n) is 20.7. The Kier molecular flexibility index (Phi) is 7.12. The second-order valence-electron chi connectivity index (χ2n) is 11.1. The summed E-state index contributed by atoms with van der Waals surface area (Å²) >= 11 is 0. The van der Waals surface area contributed by atoms with Crippen molar-refractivity contribution in [1.29, 1.82) is 0 Å². The topological polar surface area (TPSA) is 53.0 Å². The van der Waals surface area contributed by atoms with Gasteiger partial charge in [0, 0.05) is 30.8 Å². The summed E-state index contributed by atoms with van der Waals surface area (Å²) in [7, 11) is 0. The van der Waals surface area contributed by atoms with Gasteiger partial charge < -0.3 is 19.6 Å². The first-order valence-electron chi connectivity index (χ1n) is 13.1. The average molecular weight is 481 g/mol. The fourth-order valence-electron chi connectivity index (χ4n) is 5.73. The number of halogens is 1. The van der Waals surface area contributed by atoms with E-state index in [4.69, 9.17) is 4.74 Å². The molecule has 1 aliphatic carbocycles. The molecule has 0 bridgehead atoms. The average Bonchev–Trinajstić information content (AvgIpc) is 3.29. The number of rotatable bonds is 7. The molecule has 1 amide bonds. The molecule has 0 unspecified atom stereocenters. The SMILES string of the molecule is CC1(CN2CCC(COc3ccc(-c4ccc(C(=O)N5CC[C@H](O)C5)cc4F)cc3)CC2)CCC1. The second-order valence-corrected chi connectivity index (χ2v) is 11.1. The number of hydrogen-bond acceptors (Lipinski definition) is 4. The molecule has 1 saturated carbocycles. The first-order valence-corrected chi connectivity index (χ1v) is 13.1. The largest absolute Gasteiger partial charge is 0.493 e. The van der Waals surface area contributed by atoms with Crippen LogP contribution in [0.25, 0.3) is 11.1 Å². The number of aliphatic hydroxyl groups excluding tert-OH is 1. The molecule has 1 atom stereocenters. The van der Waals surface area contributed by atoms with Gasteiger partial charge in [-0.1, -0.05) is 31.5 Å². The second kappa shape index (κ2) is 10.3. The fraction of sp³-hybridized carbons (Fsp3) is 0.552. The number of amides is 1. The van der Waals surface area contributed by atoms with Crippen LogP contribution in [-0.4, -0.2) is 66.2 Å². The van der Waals surface area contributed by atoms with Crippen molar-refractivity contribution >= 4 is 5.91 Å². The van der Waals surface area contributed by atoms with Gasteiger partial charge in [0.2, 0.25) is 0 Å². The molecule has 0 aromatic heterocycles. The number of benzene rings is 2. The van der Waals surface area contributed by atoms with E-state index in [-0.39, 0.29) is 5.91 Å². The van der Waals surface area contributed by atoms with Crippen molar-refractivity contribution in [3.8, 4) is 16.9 Å². The molecule has 2 saturated heterocycles. The number of hydrogen-bond donors (Lipinski definition) is 1. The van der Waals surface area contributed by atoms with Gasteiger partial charge in [-0.25, -0.2) is 4.39 Å². The lowest BCUT2D eigenvalue weighted by molar-refractivity contribution is 0.0564. The normalized spacial score (nSPS) is 22.7. The van der Waals surface area contributed by atoms with Crippen molar-refractivity contribution in [2.45, 2.75) is 51.6 Å². The maximum atomic E-state index is 14.9. The Bertz CT molecular complexity index is 1030. The molecule has 35 heavy (non-hydrogen) atoms. The molecule has 0 radical (unpaired) electrons. The molecule has 0 spiro atoms. The van der Waals surface area contributed by atoms with Crippen molar-refractivity contribution in [2.75, 3.05) is 39.3 Å². The first-order chi connectivity index (χ1) is 16.9. The molecule has 2 heterocycles. The van der Waals surface area contributed by atoms with Gasteiger partial charge in [-0.15, -0.1) is 0 Å². The lowest BCUT2D eigenvalue weighted by Crippen LogP contribution is -2.44. The number of piperidine rings is 1. The number of ether oxygens (including phenoxy) is 1. The van der Waals surface area contributed by atoms with E-state index in [1.165, 1.54) is 57.8 Å². The molecule has 2 aliphatic heterocycles. The van der Waals surface area contributed by atoms with Crippen LogP contribution in [0.4, 0.5) is 4.39 Å². The zero-order valence-corrected chi connectivity index (χ0v) is 20.7. The third-order valence-corrected chi connectivity index (χ3v) is 8.19. The third-order valence-electron chi connectivity index (χ3n) is 8.19. The molecule has 5 rings (SSSR count). The van der Waals surface area contributed by atoms with Gasteiger partial charge in [-0.3, -0.25) is 4.79 Å². The van der Waals surface area contributed by atoms with Crippen LogP contribution in [0, 0.1) is 17.2 Å². The minimum Gasteiger partial charge on any atom is -0.493 e. The summed E-state index contributed by atoms with van der Waals surface area (Å²) in [5, 5.41) is 9.66. The number of aliphatic hydroxyl groups is 1. The molecular formula is C29H37FN2O3. The maximum absolute atomic E-state index is 14.9. The van der Waals surface area contributed by atoms with E-state index >= 15 is 0 Å². The van der Waals surface area contributed by atoms with Crippen LogP contribution < -0.4 is 4.74 Å². The standard InChI is InChI=1S/C29H37FN2O3/c1-29(12-2-13-29)20-31-14-9-21(10-15-31)19-35-25-6-3-22(4-7-25)26-8-5-23(17-27(26)30)28(34)32-16-11-24(33)18-32/h3-8,17,21,24,33H,2,9-16,18-20H2,1H3/t24-/m0/s1. The Balaban J connectivity index is 1.12. The van der Waals surface area contributed by atoms with Crippen LogP contribution in [0.1, 0.15) is 55.8 Å². The summed E-state index contributed by atoms with van der Waals surface area (Å²) < 4.78 is 20.9. The van der Waals surface area contributed by atoms with Crippen molar-refractivity contribution in [3.05, 3.63) is 53.8 Å². The zero-order chi connectivity index (χ0) is 24.4. The predicted molar refractivity (Wildman–Crippen MR) is 135 cm³/mol. The summed E-state index contributed by atoms with van der Waals surface area (Å²) in [5.74, 6) is 0.725. The highest BCUT2D eigenvalue weighted by Crippen LogP contribution is 2.41. The highest BCUT2D eigenvalue weighted by Gasteiger charge is 2.34. The van der Waals surface area contributed by atoms with Gasteiger partial charge in [0.05, 0.1) is 12.7 Å². The van der Waals surface area contributed by atoms with E-state index in [2.05, 4.69) is 11.8 Å². The molecule has 188 valence electrons. The first kappa shape index (κ1) is 24.3. The van der Waals surface area contributed by atoms with Gasteiger partial charge in [-0.2, -0.15) is 0 Å². The van der Waals surface area contributed by atoms with Crippen LogP contribution in [0.2, 0.25) is 0 Å². The molecule has 6 heteroatoms. The monoisotopic (exact) mass is 480 g/mol. The molecule has 1 N–H and O–H groups in total. The number of β-amino-alcohol motifs (C(OH)–C–C–N with tert-alkyl or cyclic N) is 1. The highest BCUT2D eigenvalue weighted by molar-refractivity contribution is 5.95. The fourth-order valence-corrected chi connectivity index (χ4v) is 5.73. The van der Waals surface area contributed by atoms with Gasteiger partial charge in [0.25, 0.3) is 5.91 Å². The molecular weight excluding hydrogens is 443 g/mol. The van der Waals surface area contributed by atoms with E-state index < -0.39 is 11.9 Å². The summed E-state index contributed by atoms with van der Waals surface area (Å²) in [5.41, 5.74) is 2.08. The Hall–Kier alpha value is -2.44.